The first-order chi connectivity index (χ1) is 33.7. The van der Waals surface area contributed by atoms with Crippen molar-refractivity contribution in [1.29, 1.82) is 0 Å². The quantitative estimate of drug-likeness (QED) is 0.0579. The second kappa shape index (κ2) is 23.0. The van der Waals surface area contributed by atoms with E-state index in [4.69, 9.17) is 23.7 Å². The Bertz CT molecular complexity index is 2660. The van der Waals surface area contributed by atoms with Crippen LogP contribution >= 0.6 is 0 Å². The SMILES string of the molecule is COc1ccc(C(NC(=O)[C@H](CCCNC(=O)OC(C)(C)C)NC(=O)OCC2c3ccccc3-c3ccccc32)c2ccc(OCC(=O)NC(c3ccc(C)cc3)c3ccc(C)cc3)cc2)c(OC)c1. The zero-order valence-corrected chi connectivity index (χ0v) is 40.8. The van der Waals surface area contributed by atoms with Crippen molar-refractivity contribution in [3.05, 3.63) is 184 Å². The molecule has 6 aromatic carbocycles. The molecule has 7 rings (SSSR count). The molecule has 0 saturated carbocycles. The zero-order chi connectivity index (χ0) is 49.8. The Hall–Kier alpha value is -7.80. The topological polar surface area (TPSA) is 163 Å². The molecule has 0 bridgehead atoms. The van der Waals surface area contributed by atoms with Crippen molar-refractivity contribution in [2.24, 2.45) is 0 Å². The van der Waals surface area contributed by atoms with Crippen LogP contribution in [0, 0.1) is 13.8 Å². The summed E-state index contributed by atoms with van der Waals surface area (Å²) in [5.41, 5.74) is 8.98. The van der Waals surface area contributed by atoms with E-state index in [1.807, 2.05) is 98.8 Å². The fraction of sp³-hybridized carbons (Fsp3) is 0.298. The lowest BCUT2D eigenvalue weighted by atomic mass is 9.96. The third-order valence-electron chi connectivity index (χ3n) is 12.0. The molecular formula is C57H62N4O9. The van der Waals surface area contributed by atoms with Gasteiger partial charge in [-0.15, -0.1) is 0 Å². The maximum atomic E-state index is 14.6. The van der Waals surface area contributed by atoms with Crippen molar-refractivity contribution in [3.63, 3.8) is 0 Å². The molecule has 364 valence electrons. The van der Waals surface area contributed by atoms with Gasteiger partial charge in [-0.3, -0.25) is 9.59 Å². The molecule has 4 amide bonds. The third-order valence-corrected chi connectivity index (χ3v) is 12.0. The number of nitrogens with one attached hydrogen (secondary N) is 4. The van der Waals surface area contributed by atoms with E-state index in [2.05, 4.69) is 33.4 Å². The molecule has 0 saturated heterocycles. The van der Waals surface area contributed by atoms with E-state index in [1.54, 1.807) is 70.3 Å². The third kappa shape index (κ3) is 13.0. The normalized spacial score (nSPS) is 12.7. The highest BCUT2D eigenvalue weighted by atomic mass is 16.6. The summed E-state index contributed by atoms with van der Waals surface area (Å²) in [6.07, 6.45) is -0.905. The highest BCUT2D eigenvalue weighted by molar-refractivity contribution is 5.86. The molecule has 2 atom stereocenters. The Morgan fingerprint density at radius 3 is 1.74 bits per heavy atom. The lowest BCUT2D eigenvalue weighted by Gasteiger charge is -2.26. The van der Waals surface area contributed by atoms with E-state index >= 15 is 0 Å². The zero-order valence-electron chi connectivity index (χ0n) is 40.8. The Kier molecular flexibility index (Phi) is 16.5. The van der Waals surface area contributed by atoms with Crippen LogP contribution in [-0.2, 0) is 19.1 Å². The van der Waals surface area contributed by atoms with Crippen LogP contribution in [0.2, 0.25) is 0 Å². The van der Waals surface area contributed by atoms with E-state index in [9.17, 15) is 19.2 Å². The fourth-order valence-corrected chi connectivity index (χ4v) is 8.49. The summed E-state index contributed by atoms with van der Waals surface area (Å²) in [5.74, 6) is 0.418. The number of carbonyl (C=O) groups excluding carboxylic acids is 4. The Labute approximate surface area is 410 Å². The van der Waals surface area contributed by atoms with Gasteiger partial charge in [0.25, 0.3) is 5.91 Å². The summed E-state index contributed by atoms with van der Waals surface area (Å²) in [6.45, 7) is 9.35. The summed E-state index contributed by atoms with van der Waals surface area (Å²) in [6, 6.07) is 42.3. The van der Waals surface area contributed by atoms with Gasteiger partial charge in [-0.1, -0.05) is 120 Å². The van der Waals surface area contributed by atoms with Crippen LogP contribution in [0.4, 0.5) is 9.59 Å². The van der Waals surface area contributed by atoms with Crippen molar-refractivity contribution in [1.82, 2.24) is 21.3 Å². The van der Waals surface area contributed by atoms with E-state index in [1.165, 1.54) is 7.11 Å². The molecule has 1 aliphatic rings. The number of hydrogen-bond acceptors (Lipinski definition) is 9. The van der Waals surface area contributed by atoms with Crippen LogP contribution in [0.25, 0.3) is 11.1 Å². The van der Waals surface area contributed by atoms with Gasteiger partial charge in [-0.05, 0) is 111 Å². The first kappa shape index (κ1) is 50.1. The molecule has 4 N–H and O–H groups in total. The van der Waals surface area contributed by atoms with Crippen molar-refractivity contribution in [2.75, 3.05) is 34.0 Å². The largest absolute Gasteiger partial charge is 0.497 e. The van der Waals surface area contributed by atoms with Gasteiger partial charge in [0.1, 0.15) is 35.5 Å². The van der Waals surface area contributed by atoms with Crippen molar-refractivity contribution in [3.8, 4) is 28.4 Å². The number of alkyl carbamates (subject to hydrolysis) is 2. The minimum atomic E-state index is -1.09. The van der Waals surface area contributed by atoms with Gasteiger partial charge < -0.3 is 45.0 Å². The number of rotatable bonds is 19. The van der Waals surface area contributed by atoms with Gasteiger partial charge in [0.05, 0.1) is 26.3 Å². The van der Waals surface area contributed by atoms with Crippen LogP contribution in [0.15, 0.2) is 140 Å². The number of methoxy groups -OCH3 is 2. The minimum Gasteiger partial charge on any atom is -0.497 e. The average molecular weight is 947 g/mol. The number of benzene rings is 6. The summed E-state index contributed by atoms with van der Waals surface area (Å²) in [4.78, 5) is 54.3. The van der Waals surface area contributed by atoms with Crippen LogP contribution in [-0.4, -0.2) is 69.6 Å². The highest BCUT2D eigenvalue weighted by Gasteiger charge is 2.31. The number of carbonyl (C=O) groups is 4. The van der Waals surface area contributed by atoms with Crippen molar-refractivity contribution in [2.45, 2.75) is 77.1 Å². The first-order valence-corrected chi connectivity index (χ1v) is 23.5. The lowest BCUT2D eigenvalue weighted by Crippen LogP contribution is -2.48. The van der Waals surface area contributed by atoms with Gasteiger partial charge in [0, 0.05) is 24.1 Å². The summed E-state index contributed by atoms with van der Waals surface area (Å²) in [5, 5.41) is 11.8. The molecule has 6 aromatic rings. The molecule has 0 aromatic heterocycles. The van der Waals surface area contributed by atoms with E-state index in [0.717, 1.165) is 44.5 Å². The van der Waals surface area contributed by atoms with Crippen LogP contribution < -0.4 is 35.5 Å². The smallest absolute Gasteiger partial charge is 0.407 e. The Morgan fingerprint density at radius 2 is 1.17 bits per heavy atom. The molecule has 1 aliphatic carbocycles. The molecule has 1 unspecified atom stereocenters. The summed E-state index contributed by atoms with van der Waals surface area (Å²) < 4.78 is 28.6. The maximum Gasteiger partial charge on any atom is 0.407 e. The van der Waals surface area contributed by atoms with Crippen molar-refractivity contribution < 1.29 is 42.9 Å². The van der Waals surface area contributed by atoms with Gasteiger partial charge in [0.15, 0.2) is 6.61 Å². The van der Waals surface area contributed by atoms with Gasteiger partial charge in [-0.2, -0.15) is 0 Å². The highest BCUT2D eigenvalue weighted by Crippen LogP contribution is 2.44. The van der Waals surface area contributed by atoms with Crippen LogP contribution in [0.3, 0.4) is 0 Å². The number of fused-ring (bicyclic) bond motifs is 3. The molecule has 0 heterocycles. The molecule has 0 aliphatic heterocycles. The second-order valence-electron chi connectivity index (χ2n) is 18.3. The molecule has 13 heteroatoms. The van der Waals surface area contributed by atoms with Crippen LogP contribution in [0.1, 0.15) is 96.1 Å². The Morgan fingerprint density at radius 1 is 0.614 bits per heavy atom. The molecule has 0 fully saturated rings. The minimum absolute atomic E-state index is 0.0518. The fourth-order valence-electron chi connectivity index (χ4n) is 8.49. The summed E-state index contributed by atoms with van der Waals surface area (Å²) >= 11 is 0. The van der Waals surface area contributed by atoms with Gasteiger partial charge >= 0.3 is 12.2 Å². The van der Waals surface area contributed by atoms with E-state index in [-0.39, 0.29) is 44.0 Å². The standard InChI is InChI=1S/C57H62N4O9/c1-36-18-22-38(23-19-36)52(39-24-20-37(2)21-25-39)60-51(62)35-68-41-28-26-40(27-29-41)53(47-31-30-42(66-6)33-50(47)67-7)61-54(63)49(17-12-32-58-55(64)70-57(3,4)5)59-56(65)69-34-48-45-15-10-8-13-43(45)44-14-9-11-16-46(44)48/h8-11,13-16,18-31,33,48-49,52-53H,12,17,32,34-35H2,1-7H3,(H,58,64)(H,59,65)(H,60,62)(H,61,63)/t49-,53?/m0/s1. The molecule has 70 heavy (non-hydrogen) atoms. The molecule has 0 spiro atoms. The monoisotopic (exact) mass is 946 g/mol. The number of aryl methyl sites for hydroxylation is 2. The molecular weight excluding hydrogens is 885 g/mol. The van der Waals surface area contributed by atoms with Gasteiger partial charge in [-0.25, -0.2) is 9.59 Å². The lowest BCUT2D eigenvalue weighted by molar-refractivity contribution is -0.124. The van der Waals surface area contributed by atoms with Crippen molar-refractivity contribution >= 4 is 24.0 Å². The predicted molar refractivity (Wildman–Crippen MR) is 269 cm³/mol. The number of hydrogen-bond donors (Lipinski definition) is 4. The molecule has 0 radical (unpaired) electrons. The maximum absolute atomic E-state index is 14.6. The average Bonchev–Trinajstić information content (AvgIpc) is 3.67. The number of amides is 4. The Balaban J connectivity index is 1.08. The molecule has 13 nitrogen and oxygen atoms in total. The van der Waals surface area contributed by atoms with Gasteiger partial charge in [0.2, 0.25) is 5.91 Å². The van der Waals surface area contributed by atoms with E-state index < -0.39 is 35.8 Å². The second-order valence-corrected chi connectivity index (χ2v) is 18.3. The van der Waals surface area contributed by atoms with Crippen LogP contribution in [0.5, 0.6) is 17.2 Å². The van der Waals surface area contributed by atoms with E-state index in [0.29, 0.717) is 34.8 Å². The summed E-state index contributed by atoms with van der Waals surface area (Å²) in [7, 11) is 3.08. The first-order valence-electron chi connectivity index (χ1n) is 23.5. The predicted octanol–water partition coefficient (Wildman–Crippen LogP) is 10.0. The number of ether oxygens (including phenoxy) is 5.